The minimum Gasteiger partial charge on any atom is -0.357 e. The van der Waals surface area contributed by atoms with Crippen molar-refractivity contribution in [2.75, 3.05) is 12.8 Å². The minimum absolute atomic E-state index is 0.320. The summed E-state index contributed by atoms with van der Waals surface area (Å²) in [5.74, 6) is 0.430. The molecule has 0 aliphatic carbocycles. The van der Waals surface area contributed by atoms with Gasteiger partial charge in [0, 0.05) is 18.4 Å². The maximum atomic E-state index is 12.3. The van der Waals surface area contributed by atoms with Crippen LogP contribution in [-0.4, -0.2) is 28.0 Å². The maximum absolute atomic E-state index is 12.3. The molecule has 18 heavy (non-hydrogen) atoms. The van der Waals surface area contributed by atoms with Crippen LogP contribution in [0.3, 0.4) is 0 Å². The van der Waals surface area contributed by atoms with E-state index in [1.165, 1.54) is 0 Å². The zero-order valence-corrected chi connectivity index (χ0v) is 11.6. The number of aliphatic imine (C=N–C) groups is 1. The number of rotatable bonds is 2. The first-order chi connectivity index (χ1) is 8.54. The van der Waals surface area contributed by atoms with Crippen LogP contribution in [0.1, 0.15) is 5.56 Å². The molecule has 1 atom stereocenters. The fourth-order valence-electron chi connectivity index (χ4n) is 1.62. The van der Waals surface area contributed by atoms with Crippen molar-refractivity contribution in [3.63, 3.8) is 0 Å². The van der Waals surface area contributed by atoms with Gasteiger partial charge in [-0.2, -0.15) is 9.36 Å². The first-order valence-electron chi connectivity index (χ1n) is 5.33. The Labute approximate surface area is 112 Å². The van der Waals surface area contributed by atoms with E-state index in [0.717, 1.165) is 10.5 Å². The molecule has 1 aromatic carbocycles. The molecule has 6 heteroatoms. The number of fused-ring (bicyclic) bond motifs is 1. The highest BCUT2D eigenvalue weighted by Crippen LogP contribution is 2.25. The second-order valence-electron chi connectivity index (χ2n) is 3.80. The van der Waals surface area contributed by atoms with Crippen LogP contribution in [0.2, 0.25) is 0 Å². The van der Waals surface area contributed by atoms with Crippen molar-refractivity contribution in [3.05, 3.63) is 42.5 Å². The molecular weight excluding hydrogens is 266 g/mol. The van der Waals surface area contributed by atoms with Crippen molar-refractivity contribution >= 4 is 32.9 Å². The third-order valence-corrected chi connectivity index (χ3v) is 4.33. The van der Waals surface area contributed by atoms with Gasteiger partial charge in [0.15, 0.2) is 10.9 Å². The Balaban J connectivity index is 2.40. The number of hydrogen-bond acceptors (Lipinski definition) is 2. The van der Waals surface area contributed by atoms with Crippen molar-refractivity contribution in [2.45, 2.75) is 4.90 Å². The number of nitrogens with zero attached hydrogens (tertiary/aromatic N) is 2. The van der Waals surface area contributed by atoms with E-state index in [0.29, 0.717) is 17.5 Å². The molecular formula is C12H13N3OS2. The van der Waals surface area contributed by atoms with E-state index in [9.17, 15) is 4.21 Å². The molecule has 1 heterocycles. The Morgan fingerprint density at radius 2 is 2.33 bits per heavy atom. The van der Waals surface area contributed by atoms with Gasteiger partial charge in [0.1, 0.15) is 0 Å². The van der Waals surface area contributed by atoms with Gasteiger partial charge in [-0.05, 0) is 24.4 Å². The lowest BCUT2D eigenvalue weighted by molar-refractivity contribution is 0.682. The summed E-state index contributed by atoms with van der Waals surface area (Å²) in [6, 6.07) is 7.37. The minimum atomic E-state index is -2.38. The topological polar surface area (TPSA) is 53.8 Å². The molecule has 94 valence electrons. The standard InChI is InChI=1S/C12H13N3OS2/c1-3-8-13-12(17)14-11-9-6-4-5-7-10(9)18(2,16)15-11/h3-7H,1,8H2,2H3,(H,13,17)/t18-/m0/s1. The molecule has 4 nitrogen and oxygen atoms in total. The lowest BCUT2D eigenvalue weighted by Crippen LogP contribution is -2.20. The highest BCUT2D eigenvalue weighted by molar-refractivity contribution is 7.93. The molecule has 0 radical (unpaired) electrons. The third kappa shape index (κ3) is 2.49. The smallest absolute Gasteiger partial charge is 0.195 e. The summed E-state index contributed by atoms with van der Waals surface area (Å²) in [5.41, 5.74) is 0.785. The van der Waals surface area contributed by atoms with Gasteiger partial charge in [-0.15, -0.1) is 6.58 Å². The zero-order valence-electron chi connectivity index (χ0n) is 9.92. The average Bonchev–Trinajstić information content (AvgIpc) is 2.59. The van der Waals surface area contributed by atoms with Gasteiger partial charge in [-0.1, -0.05) is 18.2 Å². The van der Waals surface area contributed by atoms with Gasteiger partial charge in [0.05, 0.1) is 14.6 Å². The lowest BCUT2D eigenvalue weighted by atomic mass is 10.2. The third-order valence-electron chi connectivity index (χ3n) is 2.40. The van der Waals surface area contributed by atoms with Crippen LogP contribution >= 0.6 is 12.2 Å². The lowest BCUT2D eigenvalue weighted by Gasteiger charge is -2.00. The van der Waals surface area contributed by atoms with Crippen LogP contribution < -0.4 is 5.32 Å². The molecule has 0 aromatic heterocycles. The van der Waals surface area contributed by atoms with E-state index < -0.39 is 9.73 Å². The number of amidine groups is 1. The largest absolute Gasteiger partial charge is 0.357 e. The first-order valence-corrected chi connectivity index (χ1v) is 7.67. The molecule has 1 aromatic rings. The first kappa shape index (κ1) is 12.9. The predicted molar refractivity (Wildman–Crippen MR) is 78.5 cm³/mol. The van der Waals surface area contributed by atoms with E-state index in [4.69, 9.17) is 12.2 Å². The van der Waals surface area contributed by atoms with Crippen LogP contribution in [0.25, 0.3) is 0 Å². The maximum Gasteiger partial charge on any atom is 0.195 e. The summed E-state index contributed by atoms with van der Waals surface area (Å²) in [7, 11) is -2.38. The van der Waals surface area contributed by atoms with E-state index in [-0.39, 0.29) is 0 Å². The van der Waals surface area contributed by atoms with Crippen LogP contribution in [-0.2, 0) is 9.73 Å². The highest BCUT2D eigenvalue weighted by Gasteiger charge is 2.23. The van der Waals surface area contributed by atoms with Crippen LogP contribution in [0.4, 0.5) is 0 Å². The van der Waals surface area contributed by atoms with Crippen LogP contribution in [0.5, 0.6) is 0 Å². The average molecular weight is 279 g/mol. The molecule has 0 saturated heterocycles. The number of hydrogen-bond donors (Lipinski definition) is 1. The molecule has 1 aliphatic heterocycles. The zero-order chi connectivity index (χ0) is 13.2. The highest BCUT2D eigenvalue weighted by atomic mass is 32.2. The Bertz CT molecular complexity index is 655. The number of thiocarbonyl (C=S) groups is 1. The number of benzene rings is 1. The van der Waals surface area contributed by atoms with E-state index in [1.807, 2.05) is 24.3 Å². The summed E-state index contributed by atoms with van der Waals surface area (Å²) >= 11 is 5.06. The van der Waals surface area contributed by atoms with E-state index >= 15 is 0 Å². The quantitative estimate of drug-likeness (QED) is 0.665. The Hall–Kier alpha value is -1.53. The second kappa shape index (κ2) is 4.99. The van der Waals surface area contributed by atoms with E-state index in [1.54, 1.807) is 12.3 Å². The SMILES string of the molecule is C=CCNC(=S)N=C1N=[S@@](C)(=O)c2ccccc21. The van der Waals surface area contributed by atoms with Crippen molar-refractivity contribution in [1.29, 1.82) is 0 Å². The van der Waals surface area contributed by atoms with Crippen LogP contribution in [0.15, 0.2) is 51.2 Å². The van der Waals surface area contributed by atoms with Crippen molar-refractivity contribution in [2.24, 2.45) is 9.36 Å². The van der Waals surface area contributed by atoms with Crippen molar-refractivity contribution < 1.29 is 4.21 Å². The fraction of sp³-hybridized carbons (Fsp3) is 0.167. The van der Waals surface area contributed by atoms with Gasteiger partial charge in [0.25, 0.3) is 0 Å². The summed E-state index contributed by atoms with van der Waals surface area (Å²) in [6.45, 7) is 4.12. The second-order valence-corrected chi connectivity index (χ2v) is 6.41. The molecule has 0 amide bonds. The Morgan fingerprint density at radius 1 is 1.61 bits per heavy atom. The normalized spacial score (nSPS) is 23.3. The van der Waals surface area contributed by atoms with Gasteiger partial charge in [-0.3, -0.25) is 0 Å². The van der Waals surface area contributed by atoms with Crippen LogP contribution in [0, 0.1) is 0 Å². The summed E-state index contributed by atoms with van der Waals surface area (Å²) in [4.78, 5) is 4.91. The number of nitrogens with one attached hydrogen (secondary N) is 1. The van der Waals surface area contributed by atoms with Gasteiger partial charge in [-0.25, -0.2) is 4.21 Å². The predicted octanol–water partition coefficient (Wildman–Crippen LogP) is 1.96. The molecule has 0 unspecified atom stereocenters. The molecule has 0 saturated carbocycles. The molecule has 0 fully saturated rings. The van der Waals surface area contributed by atoms with Crippen molar-refractivity contribution in [3.8, 4) is 0 Å². The Morgan fingerprint density at radius 3 is 3.06 bits per heavy atom. The van der Waals surface area contributed by atoms with Gasteiger partial charge >= 0.3 is 0 Å². The molecule has 1 N–H and O–H groups in total. The summed E-state index contributed by atoms with van der Waals surface area (Å²) < 4.78 is 16.4. The summed E-state index contributed by atoms with van der Waals surface area (Å²) in [6.07, 6.45) is 3.30. The summed E-state index contributed by atoms with van der Waals surface area (Å²) in [5, 5.41) is 3.21. The van der Waals surface area contributed by atoms with Gasteiger partial charge < -0.3 is 5.32 Å². The molecule has 0 bridgehead atoms. The van der Waals surface area contributed by atoms with Crippen molar-refractivity contribution in [1.82, 2.24) is 5.32 Å². The fourth-order valence-corrected chi connectivity index (χ4v) is 3.26. The van der Waals surface area contributed by atoms with E-state index in [2.05, 4.69) is 21.3 Å². The molecule has 2 rings (SSSR count). The van der Waals surface area contributed by atoms with Gasteiger partial charge in [0.2, 0.25) is 0 Å². The molecule has 1 aliphatic rings. The Kier molecular flexibility index (Phi) is 3.58. The monoisotopic (exact) mass is 279 g/mol. The molecule has 0 spiro atoms.